The van der Waals surface area contributed by atoms with Crippen molar-refractivity contribution in [2.45, 2.75) is 113 Å². The summed E-state index contributed by atoms with van der Waals surface area (Å²) >= 11 is 13.1. The van der Waals surface area contributed by atoms with Gasteiger partial charge >= 0.3 is 6.09 Å². The highest BCUT2D eigenvalue weighted by molar-refractivity contribution is 6.51. The van der Waals surface area contributed by atoms with E-state index in [1.807, 2.05) is 6.92 Å². The molecule has 0 aromatic heterocycles. The Morgan fingerprint density at radius 1 is 1.07 bits per heavy atom. The summed E-state index contributed by atoms with van der Waals surface area (Å²) in [7, 11) is 0. The second-order valence-corrected chi connectivity index (χ2v) is 14.2. The van der Waals surface area contributed by atoms with Crippen molar-refractivity contribution in [2.24, 2.45) is 23.7 Å². The summed E-state index contributed by atoms with van der Waals surface area (Å²) in [5.41, 5.74) is 0. The summed E-state index contributed by atoms with van der Waals surface area (Å²) in [5.74, 6) is -2.96. The third-order valence-corrected chi connectivity index (χ3v) is 10.6. The molecule has 240 valence electrons. The highest BCUT2D eigenvalue weighted by atomic mass is 35.5. The number of ether oxygens (including phenoxy) is 1. The van der Waals surface area contributed by atoms with Crippen molar-refractivity contribution in [1.29, 1.82) is 0 Å². The summed E-state index contributed by atoms with van der Waals surface area (Å²) in [5, 5.41) is 8.15. The third kappa shape index (κ3) is 7.85. The molecular formula is C31H46Cl2N4O6. The van der Waals surface area contributed by atoms with Gasteiger partial charge in [0.2, 0.25) is 17.6 Å². The van der Waals surface area contributed by atoms with E-state index >= 15 is 0 Å². The molecule has 0 aromatic rings. The van der Waals surface area contributed by atoms with Gasteiger partial charge in [0.15, 0.2) is 0 Å². The minimum absolute atomic E-state index is 0.0950. The number of nitrogens with one attached hydrogen (secondary N) is 3. The lowest BCUT2D eigenvalue weighted by Crippen LogP contribution is -2.59. The molecule has 3 N–H and O–H groups in total. The third-order valence-electron chi connectivity index (χ3n) is 9.53. The predicted molar refractivity (Wildman–Crippen MR) is 163 cm³/mol. The Kier molecular flexibility index (Phi) is 11.4. The van der Waals surface area contributed by atoms with Crippen LogP contribution in [0.2, 0.25) is 0 Å². The SMILES string of the molecule is C=CCCNC(=O)C(=O)C(CCC)NC(=O)[C@@H]1[C@@H]2[C@H](CN1C(=O)[C@@H](NC(=O)OC1CCC(C)C1)C1CCCCC1)C2(Cl)Cl. The largest absolute Gasteiger partial charge is 0.446 e. The first kappa shape index (κ1) is 33.6. The van der Waals surface area contributed by atoms with E-state index in [4.69, 9.17) is 27.9 Å². The van der Waals surface area contributed by atoms with E-state index in [-0.39, 0.29) is 43.4 Å². The maximum Gasteiger partial charge on any atom is 0.408 e. The summed E-state index contributed by atoms with van der Waals surface area (Å²) in [6, 6.07) is -2.96. The fourth-order valence-corrected chi connectivity index (χ4v) is 7.91. The molecule has 10 nitrogen and oxygen atoms in total. The van der Waals surface area contributed by atoms with Gasteiger partial charge in [-0.05, 0) is 56.8 Å². The van der Waals surface area contributed by atoms with Crippen LogP contribution in [0.5, 0.6) is 0 Å². The Balaban J connectivity index is 1.50. The van der Waals surface area contributed by atoms with E-state index in [0.717, 1.165) is 51.4 Å². The Morgan fingerprint density at radius 3 is 2.42 bits per heavy atom. The van der Waals surface area contributed by atoms with Gasteiger partial charge in [0.05, 0.1) is 6.04 Å². The summed E-state index contributed by atoms with van der Waals surface area (Å²) in [4.78, 5) is 67.9. The molecule has 1 heterocycles. The van der Waals surface area contributed by atoms with Crippen molar-refractivity contribution in [2.75, 3.05) is 13.1 Å². The van der Waals surface area contributed by atoms with Gasteiger partial charge in [-0.1, -0.05) is 45.6 Å². The van der Waals surface area contributed by atoms with Gasteiger partial charge in [-0.15, -0.1) is 29.8 Å². The van der Waals surface area contributed by atoms with Crippen LogP contribution in [0.4, 0.5) is 4.79 Å². The number of likely N-dealkylation sites (tertiary alicyclic amines) is 1. The molecule has 3 unspecified atom stereocenters. The van der Waals surface area contributed by atoms with Crippen LogP contribution in [0.3, 0.4) is 0 Å². The number of nitrogens with zero attached hydrogens (tertiary/aromatic N) is 1. The number of carbonyl (C=O) groups excluding carboxylic acids is 5. The van der Waals surface area contributed by atoms with Crippen LogP contribution in [-0.4, -0.2) is 76.2 Å². The molecule has 3 saturated carbocycles. The van der Waals surface area contributed by atoms with Gasteiger partial charge in [0.25, 0.3) is 5.91 Å². The number of amides is 4. The Morgan fingerprint density at radius 2 is 1.79 bits per heavy atom. The number of rotatable bonds is 13. The zero-order chi connectivity index (χ0) is 31.3. The van der Waals surface area contributed by atoms with E-state index in [9.17, 15) is 24.0 Å². The molecule has 4 aliphatic rings. The average Bonchev–Trinajstić information content (AvgIpc) is 3.32. The lowest BCUT2D eigenvalue weighted by Gasteiger charge is -2.36. The second kappa shape index (κ2) is 14.6. The molecule has 4 amide bonds. The average molecular weight is 642 g/mol. The molecular weight excluding hydrogens is 595 g/mol. The fourth-order valence-electron chi connectivity index (χ4n) is 7.08. The number of carbonyl (C=O) groups is 5. The summed E-state index contributed by atoms with van der Waals surface area (Å²) in [6.07, 6.45) is 9.23. The number of Topliss-reactive ketones (excluding diaryl/α,β-unsaturated/α-hetero) is 1. The summed E-state index contributed by atoms with van der Waals surface area (Å²) < 4.78 is 4.51. The minimum atomic E-state index is -1.18. The van der Waals surface area contributed by atoms with E-state index < -0.39 is 52.1 Å². The second-order valence-electron chi connectivity index (χ2n) is 12.8. The molecule has 0 aromatic carbocycles. The number of hydrogen-bond acceptors (Lipinski definition) is 6. The molecule has 1 aliphatic heterocycles. The van der Waals surface area contributed by atoms with E-state index in [1.54, 1.807) is 6.08 Å². The number of piperidine rings is 1. The Bertz CT molecular complexity index is 1080. The van der Waals surface area contributed by atoms with Crippen LogP contribution in [0.25, 0.3) is 0 Å². The van der Waals surface area contributed by atoms with Crippen molar-refractivity contribution in [1.82, 2.24) is 20.9 Å². The normalized spacial score (nSPS) is 29.1. The Hall–Kier alpha value is -2.33. The quantitative estimate of drug-likeness (QED) is 0.120. The van der Waals surface area contributed by atoms with E-state index in [0.29, 0.717) is 18.8 Å². The smallest absolute Gasteiger partial charge is 0.408 e. The number of hydrogen-bond donors (Lipinski definition) is 3. The molecule has 0 bridgehead atoms. The first-order valence-corrected chi connectivity index (χ1v) is 16.6. The highest BCUT2D eigenvalue weighted by Crippen LogP contribution is 2.65. The molecule has 0 spiro atoms. The number of ketones is 1. The van der Waals surface area contributed by atoms with Crippen LogP contribution in [0.15, 0.2) is 12.7 Å². The van der Waals surface area contributed by atoms with E-state index in [2.05, 4.69) is 29.5 Å². The molecule has 1 saturated heterocycles. The van der Waals surface area contributed by atoms with Crippen LogP contribution >= 0.6 is 23.2 Å². The molecule has 4 fully saturated rings. The van der Waals surface area contributed by atoms with Crippen LogP contribution < -0.4 is 16.0 Å². The van der Waals surface area contributed by atoms with Crippen LogP contribution in [-0.2, 0) is 23.9 Å². The first-order valence-electron chi connectivity index (χ1n) is 15.9. The first-order chi connectivity index (χ1) is 20.5. The number of fused-ring (bicyclic) bond motifs is 1. The van der Waals surface area contributed by atoms with Gasteiger partial charge in [0, 0.05) is 24.9 Å². The van der Waals surface area contributed by atoms with Crippen molar-refractivity contribution in [3.05, 3.63) is 12.7 Å². The number of alkyl halides is 2. The summed E-state index contributed by atoms with van der Waals surface area (Å²) in [6.45, 7) is 7.99. The van der Waals surface area contributed by atoms with E-state index in [1.165, 1.54) is 4.90 Å². The number of halogens is 2. The fraction of sp³-hybridized carbons (Fsp3) is 0.774. The van der Waals surface area contributed by atoms with Crippen LogP contribution in [0, 0.1) is 23.7 Å². The zero-order valence-electron chi connectivity index (χ0n) is 25.2. The predicted octanol–water partition coefficient (Wildman–Crippen LogP) is 4.03. The van der Waals surface area contributed by atoms with Crippen molar-refractivity contribution < 1.29 is 28.7 Å². The molecule has 3 aliphatic carbocycles. The van der Waals surface area contributed by atoms with Gasteiger partial charge in [-0.2, -0.15) is 0 Å². The molecule has 43 heavy (non-hydrogen) atoms. The van der Waals surface area contributed by atoms with Gasteiger partial charge in [-0.3, -0.25) is 19.2 Å². The lowest BCUT2D eigenvalue weighted by molar-refractivity contribution is -0.144. The van der Waals surface area contributed by atoms with Crippen molar-refractivity contribution in [3.63, 3.8) is 0 Å². The lowest BCUT2D eigenvalue weighted by atomic mass is 9.83. The Labute approximate surface area is 264 Å². The molecule has 12 heteroatoms. The van der Waals surface area contributed by atoms with Gasteiger partial charge in [0.1, 0.15) is 22.5 Å². The van der Waals surface area contributed by atoms with Gasteiger partial charge < -0.3 is 25.6 Å². The standard InChI is InChI=1S/C31H46Cl2N4O6/c1-4-6-15-34-28(40)26(38)22(10-5-2)35-27(39)25-23-21(31(23,32)33)17-37(25)29(41)24(19-11-8-7-9-12-19)36-30(42)43-20-14-13-18(3)16-20/h4,18-25H,1,5-17H2,2-3H3,(H,34,40)(H,35,39)(H,36,42)/t18?,20?,21-,22?,23-,24-,25-/m0/s1. The minimum Gasteiger partial charge on any atom is -0.446 e. The molecule has 7 atom stereocenters. The maximum atomic E-state index is 14.2. The van der Waals surface area contributed by atoms with Crippen molar-refractivity contribution >= 4 is 52.8 Å². The molecule has 0 radical (unpaired) electrons. The number of alkyl carbamates (subject to hydrolysis) is 1. The zero-order valence-corrected chi connectivity index (χ0v) is 26.8. The molecule has 4 rings (SSSR count). The maximum absolute atomic E-state index is 14.2. The van der Waals surface area contributed by atoms with Gasteiger partial charge in [-0.25, -0.2) is 4.79 Å². The van der Waals surface area contributed by atoms with Crippen molar-refractivity contribution in [3.8, 4) is 0 Å². The van der Waals surface area contributed by atoms with Crippen LogP contribution in [0.1, 0.15) is 84.5 Å². The monoisotopic (exact) mass is 640 g/mol. The highest BCUT2D eigenvalue weighted by Gasteiger charge is 2.74. The topological polar surface area (TPSA) is 134 Å².